The molecule has 1 fully saturated rings. The average Bonchev–Trinajstić information content (AvgIpc) is 3.30. The first-order valence-corrected chi connectivity index (χ1v) is 10.7. The van der Waals surface area contributed by atoms with Crippen LogP contribution in [0.2, 0.25) is 0 Å². The number of carbonyl (C=O) groups excluding carboxylic acids is 2. The molecule has 0 bridgehead atoms. The van der Waals surface area contributed by atoms with Gasteiger partial charge in [0.1, 0.15) is 13.2 Å². The lowest BCUT2D eigenvalue weighted by Gasteiger charge is -2.25. The highest BCUT2D eigenvalue weighted by Gasteiger charge is 2.21. The Bertz CT molecular complexity index is 878. The van der Waals surface area contributed by atoms with E-state index in [-0.39, 0.29) is 30.6 Å². The van der Waals surface area contributed by atoms with Gasteiger partial charge in [0.25, 0.3) is 0 Å². The number of fused-ring (bicyclic) bond motifs is 1. The van der Waals surface area contributed by atoms with Gasteiger partial charge >= 0.3 is 0 Å². The standard InChI is InChI=1S/C24H28N2O4/c27-21(19-8-10-22-23(16-19)30-15-14-29-22)9-11-24(28)25-20(17-26-12-4-5-13-26)18-6-2-1-3-7-18/h1-3,6-8,10,16,20H,4-5,9,11-15,17H2,(H,25,28). The largest absolute Gasteiger partial charge is 0.486 e. The highest BCUT2D eigenvalue weighted by molar-refractivity contribution is 5.98. The maximum atomic E-state index is 12.6. The lowest BCUT2D eigenvalue weighted by Crippen LogP contribution is -2.37. The Morgan fingerprint density at radius 3 is 2.43 bits per heavy atom. The third kappa shape index (κ3) is 5.19. The van der Waals surface area contributed by atoms with Crippen LogP contribution in [0.1, 0.15) is 47.6 Å². The summed E-state index contributed by atoms with van der Waals surface area (Å²) in [6, 6.07) is 15.2. The Kier molecular flexibility index (Phi) is 6.64. The summed E-state index contributed by atoms with van der Waals surface area (Å²) in [4.78, 5) is 27.6. The van der Waals surface area contributed by atoms with Gasteiger partial charge in [-0.15, -0.1) is 0 Å². The van der Waals surface area contributed by atoms with Gasteiger partial charge in [-0.2, -0.15) is 0 Å². The van der Waals surface area contributed by atoms with Crippen LogP contribution in [-0.4, -0.2) is 49.4 Å². The van der Waals surface area contributed by atoms with Crippen molar-refractivity contribution in [1.29, 1.82) is 0 Å². The number of hydrogen-bond donors (Lipinski definition) is 1. The summed E-state index contributed by atoms with van der Waals surface area (Å²) in [6.45, 7) is 3.93. The van der Waals surface area contributed by atoms with Crippen molar-refractivity contribution in [2.24, 2.45) is 0 Å². The van der Waals surface area contributed by atoms with Gasteiger partial charge in [-0.3, -0.25) is 9.59 Å². The second kappa shape index (κ2) is 9.76. The molecule has 2 heterocycles. The van der Waals surface area contributed by atoms with E-state index in [1.165, 1.54) is 12.8 Å². The Morgan fingerprint density at radius 2 is 1.67 bits per heavy atom. The number of nitrogens with zero attached hydrogens (tertiary/aromatic N) is 1. The highest BCUT2D eigenvalue weighted by atomic mass is 16.6. The Hall–Kier alpha value is -2.86. The molecule has 2 aromatic rings. The minimum Gasteiger partial charge on any atom is -0.486 e. The van der Waals surface area contributed by atoms with Crippen molar-refractivity contribution in [1.82, 2.24) is 10.2 Å². The van der Waals surface area contributed by atoms with E-state index in [1.54, 1.807) is 18.2 Å². The van der Waals surface area contributed by atoms with Crippen LogP contribution in [0.3, 0.4) is 0 Å². The van der Waals surface area contributed by atoms with Gasteiger partial charge in [-0.05, 0) is 49.7 Å². The smallest absolute Gasteiger partial charge is 0.220 e. The maximum absolute atomic E-state index is 12.6. The van der Waals surface area contributed by atoms with Gasteiger partial charge in [0.15, 0.2) is 17.3 Å². The van der Waals surface area contributed by atoms with Crippen LogP contribution >= 0.6 is 0 Å². The third-order valence-corrected chi connectivity index (χ3v) is 5.62. The number of Topliss-reactive ketones (excluding diaryl/α,β-unsaturated/α-hetero) is 1. The minimum atomic E-state index is -0.103. The molecule has 6 heteroatoms. The predicted octanol–water partition coefficient (Wildman–Crippen LogP) is 3.37. The van der Waals surface area contributed by atoms with E-state index in [9.17, 15) is 9.59 Å². The van der Waals surface area contributed by atoms with Crippen molar-refractivity contribution in [3.8, 4) is 11.5 Å². The molecule has 1 atom stereocenters. The molecule has 0 aliphatic carbocycles. The number of nitrogens with one attached hydrogen (secondary N) is 1. The monoisotopic (exact) mass is 408 g/mol. The molecule has 2 aromatic carbocycles. The molecule has 1 unspecified atom stereocenters. The van der Waals surface area contributed by atoms with Crippen molar-refractivity contribution in [3.05, 3.63) is 59.7 Å². The molecule has 1 N–H and O–H groups in total. The Labute approximate surface area is 177 Å². The first-order valence-electron chi connectivity index (χ1n) is 10.7. The number of rotatable bonds is 8. The molecule has 1 amide bonds. The number of amides is 1. The van der Waals surface area contributed by atoms with Crippen molar-refractivity contribution in [3.63, 3.8) is 0 Å². The van der Waals surface area contributed by atoms with E-state index in [0.29, 0.717) is 30.3 Å². The van der Waals surface area contributed by atoms with E-state index in [4.69, 9.17) is 9.47 Å². The normalized spacial score (nSPS) is 16.8. The van der Waals surface area contributed by atoms with Crippen molar-refractivity contribution in [2.45, 2.75) is 31.7 Å². The quantitative estimate of drug-likeness (QED) is 0.679. The molecule has 2 aliphatic heterocycles. The molecule has 158 valence electrons. The van der Waals surface area contributed by atoms with Crippen LogP contribution in [0.15, 0.2) is 48.5 Å². The first-order chi connectivity index (χ1) is 14.7. The van der Waals surface area contributed by atoms with Crippen LogP contribution in [-0.2, 0) is 4.79 Å². The SMILES string of the molecule is O=C(CCC(=O)c1ccc2c(c1)OCCO2)NC(CN1CCCC1)c1ccccc1. The number of likely N-dealkylation sites (tertiary alicyclic amines) is 1. The first kappa shape index (κ1) is 20.4. The average molecular weight is 408 g/mol. The van der Waals surface area contributed by atoms with Crippen LogP contribution < -0.4 is 14.8 Å². The second-order valence-electron chi connectivity index (χ2n) is 7.82. The van der Waals surface area contributed by atoms with Crippen LogP contribution in [0.5, 0.6) is 11.5 Å². The van der Waals surface area contributed by atoms with Crippen LogP contribution in [0, 0.1) is 0 Å². The van der Waals surface area contributed by atoms with Crippen molar-refractivity contribution in [2.75, 3.05) is 32.8 Å². The molecule has 0 aromatic heterocycles. The molecule has 0 spiro atoms. The van der Waals surface area contributed by atoms with Gasteiger partial charge < -0.3 is 19.7 Å². The summed E-state index contributed by atoms with van der Waals surface area (Å²) in [6.07, 6.45) is 2.74. The van der Waals surface area contributed by atoms with Gasteiger partial charge in [-0.1, -0.05) is 30.3 Å². The predicted molar refractivity (Wildman–Crippen MR) is 114 cm³/mol. The fourth-order valence-electron chi connectivity index (χ4n) is 4.00. The van der Waals surface area contributed by atoms with Crippen molar-refractivity contribution < 1.29 is 19.1 Å². The maximum Gasteiger partial charge on any atom is 0.220 e. The van der Waals surface area contributed by atoms with E-state index < -0.39 is 0 Å². The van der Waals surface area contributed by atoms with Crippen molar-refractivity contribution >= 4 is 11.7 Å². The van der Waals surface area contributed by atoms with E-state index in [1.807, 2.05) is 30.3 Å². The molecule has 6 nitrogen and oxygen atoms in total. The Balaban J connectivity index is 1.34. The zero-order chi connectivity index (χ0) is 20.8. The summed E-state index contributed by atoms with van der Waals surface area (Å²) in [5, 5.41) is 3.14. The van der Waals surface area contributed by atoms with Gasteiger partial charge in [0, 0.05) is 24.9 Å². The summed E-state index contributed by atoms with van der Waals surface area (Å²) < 4.78 is 11.0. The third-order valence-electron chi connectivity index (χ3n) is 5.62. The highest BCUT2D eigenvalue weighted by Crippen LogP contribution is 2.31. The second-order valence-corrected chi connectivity index (χ2v) is 7.82. The van der Waals surface area contributed by atoms with Crippen LogP contribution in [0.4, 0.5) is 0 Å². The van der Waals surface area contributed by atoms with Crippen LogP contribution in [0.25, 0.3) is 0 Å². The number of benzene rings is 2. The molecule has 4 rings (SSSR count). The molecular formula is C24H28N2O4. The molecule has 0 radical (unpaired) electrons. The summed E-state index contributed by atoms with van der Waals surface area (Å²) in [7, 11) is 0. The molecule has 2 aliphatic rings. The molecular weight excluding hydrogens is 380 g/mol. The molecule has 30 heavy (non-hydrogen) atoms. The molecule has 0 saturated carbocycles. The van der Waals surface area contributed by atoms with Gasteiger partial charge in [0.2, 0.25) is 5.91 Å². The zero-order valence-corrected chi connectivity index (χ0v) is 17.1. The zero-order valence-electron chi connectivity index (χ0n) is 17.1. The van der Waals surface area contributed by atoms with Gasteiger partial charge in [0.05, 0.1) is 6.04 Å². The fraction of sp³-hybridized carbons (Fsp3) is 0.417. The fourth-order valence-corrected chi connectivity index (χ4v) is 4.00. The summed E-state index contributed by atoms with van der Waals surface area (Å²) >= 11 is 0. The number of carbonyl (C=O) groups is 2. The summed E-state index contributed by atoms with van der Waals surface area (Å²) in [5.74, 6) is 1.07. The lowest BCUT2D eigenvalue weighted by molar-refractivity contribution is -0.121. The van der Waals surface area contributed by atoms with Gasteiger partial charge in [-0.25, -0.2) is 0 Å². The number of ether oxygens (including phenoxy) is 2. The summed E-state index contributed by atoms with van der Waals surface area (Å²) in [5.41, 5.74) is 1.64. The topological polar surface area (TPSA) is 67.9 Å². The van der Waals surface area contributed by atoms with E-state index in [0.717, 1.165) is 25.2 Å². The number of hydrogen-bond acceptors (Lipinski definition) is 5. The minimum absolute atomic E-state index is 0.0683. The molecule has 1 saturated heterocycles. The van der Waals surface area contributed by atoms with E-state index >= 15 is 0 Å². The van der Waals surface area contributed by atoms with E-state index in [2.05, 4.69) is 10.2 Å². The Morgan fingerprint density at radius 1 is 0.933 bits per heavy atom. The lowest BCUT2D eigenvalue weighted by atomic mass is 10.0. The number of ketones is 1.